The molecule has 2 rings (SSSR count). The largest absolute Gasteiger partial charge is 0.383 e. The Morgan fingerprint density at radius 1 is 1.53 bits per heavy atom. The summed E-state index contributed by atoms with van der Waals surface area (Å²) in [4.78, 5) is 2.35. The van der Waals surface area contributed by atoms with Crippen molar-refractivity contribution in [1.82, 2.24) is 4.90 Å². The first-order valence-corrected chi connectivity index (χ1v) is 6.23. The summed E-state index contributed by atoms with van der Waals surface area (Å²) in [5.74, 6) is 0. The summed E-state index contributed by atoms with van der Waals surface area (Å²) in [6.07, 6.45) is 2.63. The maximum absolute atomic E-state index is 9.02. The molecular formula is C13H16ClN3. The Morgan fingerprint density at radius 3 is 2.94 bits per heavy atom. The van der Waals surface area contributed by atoms with Gasteiger partial charge in [-0.25, -0.2) is 0 Å². The molecule has 0 amide bonds. The van der Waals surface area contributed by atoms with Crippen LogP contribution in [0.4, 0.5) is 5.69 Å². The van der Waals surface area contributed by atoms with Gasteiger partial charge in [0.2, 0.25) is 0 Å². The molecule has 0 aromatic heterocycles. The van der Waals surface area contributed by atoms with Gasteiger partial charge in [0.25, 0.3) is 0 Å². The SMILES string of the molecule is CN(CCNc1cccc(Cl)c1C#N)C1CC1. The third-order valence-electron chi connectivity index (χ3n) is 3.08. The van der Waals surface area contributed by atoms with Crippen LogP contribution >= 0.6 is 11.6 Å². The number of hydrogen-bond acceptors (Lipinski definition) is 3. The second-order valence-corrected chi connectivity index (χ2v) is 4.82. The Kier molecular flexibility index (Phi) is 3.88. The second-order valence-electron chi connectivity index (χ2n) is 4.41. The maximum atomic E-state index is 9.02. The monoisotopic (exact) mass is 249 g/mol. The highest BCUT2D eigenvalue weighted by atomic mass is 35.5. The fraction of sp³-hybridized carbons (Fsp3) is 0.462. The van der Waals surface area contributed by atoms with E-state index in [9.17, 15) is 0 Å². The van der Waals surface area contributed by atoms with Crippen molar-refractivity contribution in [3.8, 4) is 6.07 Å². The fourth-order valence-electron chi connectivity index (χ4n) is 1.85. The summed E-state index contributed by atoms with van der Waals surface area (Å²) in [5.41, 5.74) is 1.35. The highest BCUT2D eigenvalue weighted by Gasteiger charge is 2.25. The third-order valence-corrected chi connectivity index (χ3v) is 3.39. The lowest BCUT2D eigenvalue weighted by Crippen LogP contribution is -2.27. The lowest BCUT2D eigenvalue weighted by Gasteiger charge is -2.16. The minimum Gasteiger partial charge on any atom is -0.383 e. The average Bonchev–Trinajstić information content (AvgIpc) is 3.13. The molecule has 90 valence electrons. The zero-order valence-electron chi connectivity index (χ0n) is 9.91. The van der Waals surface area contributed by atoms with Crippen molar-refractivity contribution in [2.75, 3.05) is 25.5 Å². The average molecular weight is 250 g/mol. The zero-order chi connectivity index (χ0) is 12.3. The predicted molar refractivity (Wildman–Crippen MR) is 70.3 cm³/mol. The smallest absolute Gasteiger partial charge is 0.103 e. The molecule has 0 unspecified atom stereocenters. The van der Waals surface area contributed by atoms with Crippen LogP contribution in [0.5, 0.6) is 0 Å². The molecular weight excluding hydrogens is 234 g/mol. The summed E-state index contributed by atoms with van der Waals surface area (Å²) in [6, 6.07) is 8.38. The van der Waals surface area contributed by atoms with E-state index in [2.05, 4.69) is 23.3 Å². The van der Waals surface area contributed by atoms with Crippen LogP contribution in [0.15, 0.2) is 18.2 Å². The Labute approximate surface area is 107 Å². The number of nitriles is 1. The highest BCUT2D eigenvalue weighted by Crippen LogP contribution is 2.25. The molecule has 1 N–H and O–H groups in total. The number of likely N-dealkylation sites (N-methyl/N-ethyl adjacent to an activating group) is 1. The molecule has 1 aliphatic carbocycles. The van der Waals surface area contributed by atoms with Crippen LogP contribution in [0, 0.1) is 11.3 Å². The van der Waals surface area contributed by atoms with E-state index in [1.54, 1.807) is 6.07 Å². The first-order valence-electron chi connectivity index (χ1n) is 5.85. The Bertz CT molecular complexity index is 435. The molecule has 1 saturated carbocycles. The molecule has 0 atom stereocenters. The molecule has 3 nitrogen and oxygen atoms in total. The molecule has 0 saturated heterocycles. The van der Waals surface area contributed by atoms with Crippen molar-refractivity contribution >= 4 is 17.3 Å². The van der Waals surface area contributed by atoms with Gasteiger partial charge in [-0.3, -0.25) is 0 Å². The van der Waals surface area contributed by atoms with Crippen molar-refractivity contribution in [1.29, 1.82) is 5.26 Å². The highest BCUT2D eigenvalue weighted by molar-refractivity contribution is 6.32. The predicted octanol–water partition coefficient (Wildman–Crippen LogP) is 2.72. The van der Waals surface area contributed by atoms with Gasteiger partial charge in [0.15, 0.2) is 0 Å². The van der Waals surface area contributed by atoms with E-state index < -0.39 is 0 Å². The standard InChI is InChI=1S/C13H16ClN3/c1-17(10-5-6-10)8-7-16-13-4-2-3-12(14)11(13)9-15/h2-4,10,16H,5-8H2,1H3. The molecule has 1 aliphatic rings. The number of hydrogen-bond donors (Lipinski definition) is 1. The normalized spacial score (nSPS) is 14.7. The van der Waals surface area contributed by atoms with Crippen LogP contribution in [0.1, 0.15) is 18.4 Å². The second kappa shape index (κ2) is 5.39. The quantitative estimate of drug-likeness (QED) is 0.872. The molecule has 0 spiro atoms. The molecule has 0 radical (unpaired) electrons. The molecule has 1 aromatic rings. The molecule has 17 heavy (non-hydrogen) atoms. The molecule has 0 aliphatic heterocycles. The van der Waals surface area contributed by atoms with Crippen LogP contribution in [-0.2, 0) is 0 Å². The maximum Gasteiger partial charge on any atom is 0.103 e. The van der Waals surface area contributed by atoms with E-state index in [4.69, 9.17) is 16.9 Å². The van der Waals surface area contributed by atoms with E-state index in [1.807, 2.05) is 12.1 Å². The van der Waals surface area contributed by atoms with Gasteiger partial charge in [-0.05, 0) is 32.0 Å². The van der Waals surface area contributed by atoms with E-state index in [-0.39, 0.29) is 0 Å². The van der Waals surface area contributed by atoms with E-state index in [1.165, 1.54) is 12.8 Å². The van der Waals surface area contributed by atoms with Gasteiger partial charge < -0.3 is 10.2 Å². The fourth-order valence-corrected chi connectivity index (χ4v) is 2.07. The number of benzene rings is 1. The Morgan fingerprint density at radius 2 is 2.29 bits per heavy atom. The van der Waals surface area contributed by atoms with Crippen LogP contribution in [0.2, 0.25) is 5.02 Å². The molecule has 0 heterocycles. The number of rotatable bonds is 5. The van der Waals surface area contributed by atoms with Crippen molar-refractivity contribution in [3.05, 3.63) is 28.8 Å². The van der Waals surface area contributed by atoms with Gasteiger partial charge in [-0.2, -0.15) is 5.26 Å². The zero-order valence-corrected chi connectivity index (χ0v) is 10.7. The molecule has 1 aromatic carbocycles. The van der Waals surface area contributed by atoms with E-state index in [0.29, 0.717) is 10.6 Å². The minimum atomic E-state index is 0.507. The molecule has 1 fully saturated rings. The van der Waals surface area contributed by atoms with Crippen molar-refractivity contribution in [3.63, 3.8) is 0 Å². The van der Waals surface area contributed by atoms with E-state index >= 15 is 0 Å². The Hall–Kier alpha value is -1.24. The lowest BCUT2D eigenvalue weighted by atomic mass is 10.2. The summed E-state index contributed by atoms with van der Waals surface area (Å²) >= 11 is 5.96. The van der Waals surface area contributed by atoms with Gasteiger partial charge in [0.1, 0.15) is 6.07 Å². The molecule has 4 heteroatoms. The first kappa shape index (κ1) is 12.2. The number of anilines is 1. The summed E-state index contributed by atoms with van der Waals surface area (Å²) in [5, 5.41) is 12.8. The van der Waals surface area contributed by atoms with Gasteiger partial charge >= 0.3 is 0 Å². The van der Waals surface area contributed by atoms with Crippen LogP contribution in [0.25, 0.3) is 0 Å². The van der Waals surface area contributed by atoms with Gasteiger partial charge in [-0.15, -0.1) is 0 Å². The van der Waals surface area contributed by atoms with Crippen molar-refractivity contribution in [2.24, 2.45) is 0 Å². The van der Waals surface area contributed by atoms with Gasteiger partial charge in [-0.1, -0.05) is 17.7 Å². The van der Waals surface area contributed by atoms with Crippen LogP contribution < -0.4 is 5.32 Å². The van der Waals surface area contributed by atoms with Gasteiger partial charge in [0, 0.05) is 19.1 Å². The van der Waals surface area contributed by atoms with Crippen LogP contribution in [-0.4, -0.2) is 31.1 Å². The minimum absolute atomic E-state index is 0.507. The number of nitrogens with zero attached hydrogens (tertiary/aromatic N) is 2. The summed E-state index contributed by atoms with van der Waals surface area (Å²) < 4.78 is 0. The van der Waals surface area contributed by atoms with Crippen LogP contribution in [0.3, 0.4) is 0 Å². The van der Waals surface area contributed by atoms with Crippen molar-refractivity contribution in [2.45, 2.75) is 18.9 Å². The van der Waals surface area contributed by atoms with E-state index in [0.717, 1.165) is 24.8 Å². The number of nitrogens with one attached hydrogen (secondary N) is 1. The summed E-state index contributed by atoms with van der Waals surface area (Å²) in [6.45, 7) is 1.82. The lowest BCUT2D eigenvalue weighted by molar-refractivity contribution is 0.337. The Balaban J connectivity index is 1.90. The van der Waals surface area contributed by atoms with Crippen molar-refractivity contribution < 1.29 is 0 Å². The number of halogens is 1. The summed E-state index contributed by atoms with van der Waals surface area (Å²) in [7, 11) is 2.14. The van der Waals surface area contributed by atoms with Gasteiger partial charge in [0.05, 0.1) is 16.3 Å². The molecule has 0 bridgehead atoms. The topological polar surface area (TPSA) is 39.1 Å². The third kappa shape index (κ3) is 3.12. The first-order chi connectivity index (χ1) is 8.22.